The minimum atomic E-state index is -0.284. The Morgan fingerprint density at radius 3 is 1.23 bits per heavy atom. The van der Waals surface area contributed by atoms with Crippen LogP contribution in [0.5, 0.6) is 0 Å². The Morgan fingerprint density at radius 1 is 0.581 bits per heavy atom. The van der Waals surface area contributed by atoms with Gasteiger partial charge >= 0.3 is 11.9 Å². The van der Waals surface area contributed by atoms with Crippen LogP contribution in [0.25, 0.3) is 6.08 Å². The van der Waals surface area contributed by atoms with Gasteiger partial charge < -0.3 is 9.47 Å². The number of carbonyl (C=O) groups excluding carboxylic acids is 2. The van der Waals surface area contributed by atoms with Gasteiger partial charge in [-0.15, -0.1) is 0 Å². The second-order valence-electron chi connectivity index (χ2n) is 11.6. The SMILES string of the molecule is C=C(C)C(=O)OCCCC.C=C(C)C(=O)OCCCCCCCCCCCCCCCCCC.C=Cc1ccc(C)cc1. The molecule has 1 rings (SSSR count). The number of esters is 2. The van der Waals surface area contributed by atoms with Crippen molar-refractivity contribution in [3.05, 3.63) is 66.3 Å². The van der Waals surface area contributed by atoms with Gasteiger partial charge in [-0.2, -0.15) is 0 Å². The molecule has 4 nitrogen and oxygen atoms in total. The molecule has 0 radical (unpaired) electrons. The maximum absolute atomic E-state index is 11.2. The molecule has 0 unspecified atom stereocenters. The van der Waals surface area contributed by atoms with E-state index in [0.717, 1.165) is 19.3 Å². The van der Waals surface area contributed by atoms with Crippen LogP contribution >= 0.6 is 0 Å². The van der Waals surface area contributed by atoms with E-state index in [0.29, 0.717) is 24.4 Å². The Hall–Kier alpha value is -2.62. The van der Waals surface area contributed by atoms with Gasteiger partial charge in [-0.05, 0) is 39.2 Å². The van der Waals surface area contributed by atoms with Crippen molar-refractivity contribution in [2.45, 2.75) is 150 Å². The van der Waals surface area contributed by atoms with E-state index in [1.54, 1.807) is 13.8 Å². The standard InChI is InChI=1S/C22H42O2.C9H10.C8H14O2/c1-4-5-6-7-8-9-10-11-12-13-14-15-16-17-18-19-20-24-22(23)21(2)3;1-3-9-6-4-8(2)5-7-9;1-4-5-6-10-8(9)7(2)3/h2,4-20H2,1,3H3;3-7H,1H2,2H3;2,4-6H2,1,3H3. The van der Waals surface area contributed by atoms with Crippen LogP contribution in [-0.2, 0) is 19.1 Å². The topological polar surface area (TPSA) is 52.6 Å². The minimum absolute atomic E-state index is 0.254. The average molecular weight is 599 g/mol. The average Bonchev–Trinajstić information content (AvgIpc) is 2.99. The van der Waals surface area contributed by atoms with Crippen molar-refractivity contribution in [1.82, 2.24) is 0 Å². The van der Waals surface area contributed by atoms with E-state index >= 15 is 0 Å². The van der Waals surface area contributed by atoms with Gasteiger partial charge in [0.25, 0.3) is 0 Å². The highest BCUT2D eigenvalue weighted by atomic mass is 16.5. The van der Waals surface area contributed by atoms with Crippen LogP contribution in [0.1, 0.15) is 154 Å². The van der Waals surface area contributed by atoms with Crippen LogP contribution in [0.4, 0.5) is 0 Å². The lowest BCUT2D eigenvalue weighted by Gasteiger charge is -2.05. The highest BCUT2D eigenvalue weighted by molar-refractivity contribution is 5.87. The van der Waals surface area contributed by atoms with Crippen LogP contribution in [0.3, 0.4) is 0 Å². The third-order valence-electron chi connectivity index (χ3n) is 6.97. The van der Waals surface area contributed by atoms with Crippen LogP contribution in [-0.4, -0.2) is 25.2 Å². The summed E-state index contributed by atoms with van der Waals surface area (Å²) in [4.78, 5) is 21.9. The van der Waals surface area contributed by atoms with Gasteiger partial charge in [0.2, 0.25) is 0 Å². The monoisotopic (exact) mass is 598 g/mol. The lowest BCUT2D eigenvalue weighted by molar-refractivity contribution is -0.139. The molecule has 0 bridgehead atoms. The summed E-state index contributed by atoms with van der Waals surface area (Å²) >= 11 is 0. The molecule has 0 saturated carbocycles. The summed E-state index contributed by atoms with van der Waals surface area (Å²) in [5.41, 5.74) is 3.43. The molecule has 0 aromatic heterocycles. The lowest BCUT2D eigenvalue weighted by Crippen LogP contribution is -2.05. The van der Waals surface area contributed by atoms with Crippen molar-refractivity contribution in [3.63, 3.8) is 0 Å². The zero-order valence-corrected chi connectivity index (χ0v) is 28.8. The largest absolute Gasteiger partial charge is 0.462 e. The molecule has 0 fully saturated rings. The molecular formula is C39H66O4. The zero-order valence-electron chi connectivity index (χ0n) is 28.8. The maximum atomic E-state index is 11.2. The highest BCUT2D eigenvalue weighted by Gasteiger charge is 2.02. The summed E-state index contributed by atoms with van der Waals surface area (Å²) in [5.74, 6) is -0.538. The molecule has 1 aromatic carbocycles. The molecule has 4 heteroatoms. The second kappa shape index (κ2) is 32.3. The number of unbranched alkanes of at least 4 members (excludes halogenated alkanes) is 16. The second-order valence-corrected chi connectivity index (χ2v) is 11.6. The Kier molecular flexibility index (Phi) is 31.9. The number of aryl methyl sites for hydroxylation is 1. The predicted molar refractivity (Wildman–Crippen MR) is 187 cm³/mol. The summed E-state index contributed by atoms with van der Waals surface area (Å²) < 4.78 is 9.89. The van der Waals surface area contributed by atoms with Crippen molar-refractivity contribution in [1.29, 1.82) is 0 Å². The zero-order chi connectivity index (χ0) is 32.6. The van der Waals surface area contributed by atoms with Crippen LogP contribution in [0.2, 0.25) is 0 Å². The summed E-state index contributed by atoms with van der Waals surface area (Å²) in [5, 5.41) is 0. The Bertz CT molecular complexity index is 837. The molecule has 1 aromatic rings. The molecule has 0 spiro atoms. The first kappa shape index (κ1) is 42.5. The predicted octanol–water partition coefficient (Wildman–Crippen LogP) is 11.9. The molecule has 0 N–H and O–H groups in total. The molecule has 0 heterocycles. The van der Waals surface area contributed by atoms with Gasteiger partial charge in [-0.1, -0.05) is 172 Å². The Labute approximate surface area is 266 Å². The van der Waals surface area contributed by atoms with Gasteiger partial charge in [0.15, 0.2) is 0 Å². The Morgan fingerprint density at radius 2 is 0.907 bits per heavy atom. The fourth-order valence-electron chi connectivity index (χ4n) is 4.07. The molecule has 0 amide bonds. The van der Waals surface area contributed by atoms with Gasteiger partial charge in [0.05, 0.1) is 13.2 Å². The third-order valence-corrected chi connectivity index (χ3v) is 6.97. The molecule has 43 heavy (non-hydrogen) atoms. The number of ether oxygens (including phenoxy) is 2. The van der Waals surface area contributed by atoms with E-state index in [1.807, 2.05) is 6.08 Å². The third kappa shape index (κ3) is 32.1. The minimum Gasteiger partial charge on any atom is -0.462 e. The summed E-state index contributed by atoms with van der Waals surface area (Å²) in [6, 6.07) is 8.28. The molecular weight excluding hydrogens is 532 g/mol. The fraction of sp³-hybridized carbons (Fsp3) is 0.641. The maximum Gasteiger partial charge on any atom is 0.333 e. The molecule has 246 valence electrons. The van der Waals surface area contributed by atoms with Crippen LogP contribution < -0.4 is 0 Å². The number of rotatable bonds is 23. The normalized spacial score (nSPS) is 9.98. The summed E-state index contributed by atoms with van der Waals surface area (Å²) in [7, 11) is 0. The first-order valence-corrected chi connectivity index (χ1v) is 17.0. The number of benzene rings is 1. The van der Waals surface area contributed by atoms with E-state index in [9.17, 15) is 9.59 Å². The van der Waals surface area contributed by atoms with E-state index in [-0.39, 0.29) is 11.9 Å². The van der Waals surface area contributed by atoms with E-state index in [4.69, 9.17) is 9.47 Å². The molecule has 0 atom stereocenters. The van der Waals surface area contributed by atoms with Crippen molar-refractivity contribution in [2.75, 3.05) is 13.2 Å². The van der Waals surface area contributed by atoms with Gasteiger partial charge in [-0.3, -0.25) is 0 Å². The van der Waals surface area contributed by atoms with Crippen molar-refractivity contribution < 1.29 is 19.1 Å². The highest BCUT2D eigenvalue weighted by Crippen LogP contribution is 2.13. The first-order valence-electron chi connectivity index (χ1n) is 17.0. The fourth-order valence-corrected chi connectivity index (χ4v) is 4.07. The quantitative estimate of drug-likeness (QED) is 0.0714. The molecule has 0 aliphatic carbocycles. The van der Waals surface area contributed by atoms with E-state index in [2.05, 4.69) is 64.8 Å². The van der Waals surface area contributed by atoms with Crippen LogP contribution in [0.15, 0.2) is 55.1 Å². The van der Waals surface area contributed by atoms with Crippen molar-refractivity contribution in [2.24, 2.45) is 0 Å². The first-order chi connectivity index (χ1) is 20.7. The van der Waals surface area contributed by atoms with Crippen molar-refractivity contribution in [3.8, 4) is 0 Å². The number of carbonyl (C=O) groups is 2. The molecule has 0 saturated heterocycles. The molecule has 0 aliphatic heterocycles. The Balaban J connectivity index is 0. The lowest BCUT2D eigenvalue weighted by atomic mass is 10.0. The summed E-state index contributed by atoms with van der Waals surface area (Å²) in [6.07, 6.45) is 25.6. The van der Waals surface area contributed by atoms with Crippen molar-refractivity contribution >= 4 is 18.0 Å². The van der Waals surface area contributed by atoms with Gasteiger partial charge in [0, 0.05) is 11.1 Å². The molecule has 0 aliphatic rings. The van der Waals surface area contributed by atoms with E-state index < -0.39 is 0 Å². The van der Waals surface area contributed by atoms with Crippen LogP contribution in [0, 0.1) is 6.92 Å². The number of hydrogen-bond donors (Lipinski definition) is 0. The van der Waals surface area contributed by atoms with Gasteiger partial charge in [0.1, 0.15) is 0 Å². The number of hydrogen-bond acceptors (Lipinski definition) is 4. The van der Waals surface area contributed by atoms with E-state index in [1.165, 1.54) is 107 Å². The smallest absolute Gasteiger partial charge is 0.333 e. The van der Waals surface area contributed by atoms with Gasteiger partial charge in [-0.25, -0.2) is 9.59 Å². The summed E-state index contributed by atoms with van der Waals surface area (Å²) in [6.45, 7) is 21.5.